The summed E-state index contributed by atoms with van der Waals surface area (Å²) in [5, 5.41) is 9.24. The van der Waals surface area contributed by atoms with Gasteiger partial charge in [-0.25, -0.2) is 4.98 Å². The first-order valence-electron chi connectivity index (χ1n) is 7.03. The van der Waals surface area contributed by atoms with E-state index < -0.39 is 0 Å². The Bertz CT molecular complexity index is 380. The lowest BCUT2D eigenvalue weighted by molar-refractivity contribution is 0.199. The second-order valence-corrected chi connectivity index (χ2v) is 5.64. The van der Waals surface area contributed by atoms with Crippen LogP contribution in [0.4, 0.5) is 0 Å². The third kappa shape index (κ3) is 2.13. The number of fused-ring (bicyclic) bond motifs is 1. The van der Waals surface area contributed by atoms with Gasteiger partial charge < -0.3 is 9.67 Å². The summed E-state index contributed by atoms with van der Waals surface area (Å²) in [5.41, 5.74) is 1.34. The van der Waals surface area contributed by atoms with Gasteiger partial charge in [0.1, 0.15) is 5.82 Å². The molecule has 1 fully saturated rings. The van der Waals surface area contributed by atoms with Crippen LogP contribution in [0.25, 0.3) is 0 Å². The zero-order chi connectivity index (χ0) is 11.7. The van der Waals surface area contributed by atoms with Gasteiger partial charge in [-0.05, 0) is 31.6 Å². The molecule has 1 aromatic rings. The topological polar surface area (TPSA) is 38.0 Å². The first-order valence-corrected chi connectivity index (χ1v) is 7.03. The van der Waals surface area contributed by atoms with E-state index in [2.05, 4.69) is 9.55 Å². The van der Waals surface area contributed by atoms with Gasteiger partial charge in [0, 0.05) is 31.0 Å². The Morgan fingerprint density at radius 3 is 2.82 bits per heavy atom. The summed E-state index contributed by atoms with van der Waals surface area (Å²) >= 11 is 0. The van der Waals surface area contributed by atoms with Crippen LogP contribution in [0, 0.1) is 5.92 Å². The summed E-state index contributed by atoms with van der Waals surface area (Å²) in [4.78, 5) is 4.67. The Labute approximate surface area is 103 Å². The van der Waals surface area contributed by atoms with Crippen LogP contribution in [0.3, 0.4) is 0 Å². The highest BCUT2D eigenvalue weighted by atomic mass is 16.3. The van der Waals surface area contributed by atoms with Crippen molar-refractivity contribution in [1.29, 1.82) is 0 Å². The number of hydrogen-bond acceptors (Lipinski definition) is 2. The van der Waals surface area contributed by atoms with Crippen molar-refractivity contribution in [2.24, 2.45) is 5.92 Å². The molecule has 1 aromatic heterocycles. The van der Waals surface area contributed by atoms with Crippen molar-refractivity contribution in [1.82, 2.24) is 9.55 Å². The van der Waals surface area contributed by atoms with Crippen LogP contribution >= 0.6 is 0 Å². The molecule has 0 bridgehead atoms. The SMILES string of the molecule is OCC1CCn2c(cnc2C2CCCCC2)C1. The Kier molecular flexibility index (Phi) is 3.19. The lowest BCUT2D eigenvalue weighted by Gasteiger charge is -2.27. The van der Waals surface area contributed by atoms with Gasteiger partial charge in [-0.3, -0.25) is 0 Å². The van der Waals surface area contributed by atoms with Crippen LogP contribution in [0.15, 0.2) is 6.20 Å². The maximum Gasteiger partial charge on any atom is 0.111 e. The number of aromatic nitrogens is 2. The Balaban J connectivity index is 1.80. The molecule has 3 heteroatoms. The summed E-state index contributed by atoms with van der Waals surface area (Å²) in [5.74, 6) is 2.48. The van der Waals surface area contributed by atoms with E-state index >= 15 is 0 Å². The van der Waals surface area contributed by atoms with E-state index in [0.29, 0.717) is 18.4 Å². The summed E-state index contributed by atoms with van der Waals surface area (Å²) in [6.45, 7) is 1.39. The van der Waals surface area contributed by atoms with Crippen LogP contribution in [0.2, 0.25) is 0 Å². The molecule has 0 amide bonds. The molecule has 0 aromatic carbocycles. The predicted octanol–water partition coefficient (Wildman–Crippen LogP) is 2.49. The summed E-state index contributed by atoms with van der Waals surface area (Å²) in [7, 11) is 0. The molecule has 94 valence electrons. The molecule has 3 rings (SSSR count). The quantitative estimate of drug-likeness (QED) is 0.853. The van der Waals surface area contributed by atoms with E-state index in [1.165, 1.54) is 43.6 Å². The summed E-state index contributed by atoms with van der Waals surface area (Å²) in [6.07, 6.45) is 10.9. The molecular weight excluding hydrogens is 212 g/mol. The summed E-state index contributed by atoms with van der Waals surface area (Å²) in [6, 6.07) is 0. The van der Waals surface area contributed by atoms with Crippen molar-refractivity contribution < 1.29 is 5.11 Å². The molecule has 0 saturated heterocycles. The number of imidazole rings is 1. The Morgan fingerprint density at radius 1 is 1.24 bits per heavy atom. The number of aliphatic hydroxyl groups is 1. The fraction of sp³-hybridized carbons (Fsp3) is 0.786. The Hall–Kier alpha value is -0.830. The van der Waals surface area contributed by atoms with Gasteiger partial charge in [-0.1, -0.05) is 19.3 Å². The fourth-order valence-electron chi connectivity index (χ4n) is 3.40. The van der Waals surface area contributed by atoms with Gasteiger partial charge in [0.05, 0.1) is 0 Å². The lowest BCUT2D eigenvalue weighted by atomic mass is 9.88. The molecule has 1 aliphatic heterocycles. The first-order chi connectivity index (χ1) is 8.38. The molecule has 2 heterocycles. The van der Waals surface area contributed by atoms with Crippen molar-refractivity contribution in [3.05, 3.63) is 17.7 Å². The molecule has 3 nitrogen and oxygen atoms in total. The average molecular weight is 234 g/mol. The highest BCUT2D eigenvalue weighted by Gasteiger charge is 2.25. The normalized spacial score (nSPS) is 25.8. The number of hydrogen-bond donors (Lipinski definition) is 1. The summed E-state index contributed by atoms with van der Waals surface area (Å²) < 4.78 is 2.43. The largest absolute Gasteiger partial charge is 0.396 e. The maximum absolute atomic E-state index is 9.24. The molecule has 2 aliphatic rings. The predicted molar refractivity (Wildman–Crippen MR) is 66.9 cm³/mol. The number of nitrogens with zero attached hydrogens (tertiary/aromatic N) is 2. The van der Waals surface area contributed by atoms with Crippen LogP contribution in [0.5, 0.6) is 0 Å². The second-order valence-electron chi connectivity index (χ2n) is 5.64. The standard InChI is InChI=1S/C14H22N2O/c17-10-11-6-7-16-13(8-11)9-15-14(16)12-4-2-1-3-5-12/h9,11-12,17H,1-8,10H2. The van der Waals surface area contributed by atoms with Crippen molar-refractivity contribution in [2.45, 2.75) is 57.4 Å². The van der Waals surface area contributed by atoms with Gasteiger partial charge in [-0.2, -0.15) is 0 Å². The molecule has 0 radical (unpaired) electrons. The van der Waals surface area contributed by atoms with Crippen LogP contribution in [0.1, 0.15) is 56.0 Å². The van der Waals surface area contributed by atoms with Crippen molar-refractivity contribution in [2.75, 3.05) is 6.61 Å². The molecule has 1 aliphatic carbocycles. The highest BCUT2D eigenvalue weighted by Crippen LogP contribution is 2.34. The van der Waals surface area contributed by atoms with Crippen molar-refractivity contribution in [3.63, 3.8) is 0 Å². The highest BCUT2D eigenvalue weighted by molar-refractivity contribution is 5.13. The maximum atomic E-state index is 9.24. The van der Waals surface area contributed by atoms with Gasteiger partial charge in [0.2, 0.25) is 0 Å². The van der Waals surface area contributed by atoms with Gasteiger partial charge >= 0.3 is 0 Å². The van der Waals surface area contributed by atoms with Gasteiger partial charge in [0.25, 0.3) is 0 Å². The second kappa shape index (κ2) is 4.81. The molecular formula is C14H22N2O. The minimum absolute atomic E-state index is 0.323. The minimum atomic E-state index is 0.323. The van der Waals surface area contributed by atoms with E-state index in [9.17, 15) is 5.11 Å². The molecule has 1 N–H and O–H groups in total. The van der Waals surface area contributed by atoms with E-state index in [4.69, 9.17) is 0 Å². The average Bonchev–Trinajstić information content (AvgIpc) is 2.82. The lowest BCUT2D eigenvalue weighted by Crippen LogP contribution is -2.23. The van der Waals surface area contributed by atoms with Crippen molar-refractivity contribution in [3.8, 4) is 0 Å². The van der Waals surface area contributed by atoms with E-state index in [1.54, 1.807) is 0 Å². The van der Waals surface area contributed by atoms with Crippen LogP contribution in [-0.4, -0.2) is 21.3 Å². The smallest absolute Gasteiger partial charge is 0.111 e. The van der Waals surface area contributed by atoms with Crippen molar-refractivity contribution >= 4 is 0 Å². The Morgan fingerprint density at radius 2 is 2.06 bits per heavy atom. The zero-order valence-corrected chi connectivity index (χ0v) is 10.4. The number of rotatable bonds is 2. The molecule has 1 unspecified atom stereocenters. The van der Waals surface area contributed by atoms with Gasteiger partial charge in [0.15, 0.2) is 0 Å². The first kappa shape index (κ1) is 11.3. The third-order valence-electron chi connectivity index (χ3n) is 4.46. The zero-order valence-electron chi connectivity index (χ0n) is 10.4. The van der Waals surface area contributed by atoms with Crippen LogP contribution in [-0.2, 0) is 13.0 Å². The molecule has 0 spiro atoms. The van der Waals surface area contributed by atoms with Gasteiger partial charge in [-0.15, -0.1) is 0 Å². The minimum Gasteiger partial charge on any atom is -0.396 e. The molecule has 1 saturated carbocycles. The number of aliphatic hydroxyl groups excluding tert-OH is 1. The van der Waals surface area contributed by atoms with E-state index in [0.717, 1.165) is 19.4 Å². The monoisotopic (exact) mass is 234 g/mol. The third-order valence-corrected chi connectivity index (χ3v) is 4.46. The van der Waals surface area contributed by atoms with E-state index in [1.807, 2.05) is 6.20 Å². The molecule has 1 atom stereocenters. The fourth-order valence-corrected chi connectivity index (χ4v) is 3.40. The van der Waals surface area contributed by atoms with Crippen LogP contribution < -0.4 is 0 Å². The molecule has 17 heavy (non-hydrogen) atoms. The van der Waals surface area contributed by atoms with E-state index in [-0.39, 0.29) is 0 Å².